The third-order valence-corrected chi connectivity index (χ3v) is 4.22. The SMILES string of the molecule is CCCNC(C)CCc1sccc1Br. The van der Waals surface area contributed by atoms with Crippen LogP contribution in [0.4, 0.5) is 0 Å². The van der Waals surface area contributed by atoms with Gasteiger partial charge in [-0.15, -0.1) is 11.3 Å². The van der Waals surface area contributed by atoms with Gasteiger partial charge in [-0.3, -0.25) is 0 Å². The lowest BCUT2D eigenvalue weighted by Crippen LogP contribution is -2.26. The van der Waals surface area contributed by atoms with E-state index in [2.05, 4.69) is 46.5 Å². The van der Waals surface area contributed by atoms with E-state index in [0.717, 1.165) is 6.54 Å². The predicted molar refractivity (Wildman–Crippen MR) is 68.1 cm³/mol. The molecule has 3 heteroatoms. The van der Waals surface area contributed by atoms with Crippen molar-refractivity contribution in [3.8, 4) is 0 Å². The standard InChI is InChI=1S/C11H18BrNS/c1-3-7-13-9(2)4-5-11-10(12)6-8-14-11/h6,8-9,13H,3-5,7H2,1-2H3. The number of aryl methyl sites for hydroxylation is 1. The molecule has 1 unspecified atom stereocenters. The van der Waals surface area contributed by atoms with Crippen molar-refractivity contribution in [2.24, 2.45) is 0 Å². The molecule has 0 saturated carbocycles. The van der Waals surface area contributed by atoms with Crippen molar-refractivity contribution < 1.29 is 0 Å². The molecule has 0 bridgehead atoms. The molecule has 0 aliphatic heterocycles. The highest BCUT2D eigenvalue weighted by Crippen LogP contribution is 2.24. The maximum atomic E-state index is 3.56. The molecule has 1 aromatic rings. The van der Waals surface area contributed by atoms with Crippen LogP contribution in [0.3, 0.4) is 0 Å². The van der Waals surface area contributed by atoms with E-state index in [1.54, 1.807) is 0 Å². The highest BCUT2D eigenvalue weighted by atomic mass is 79.9. The quantitative estimate of drug-likeness (QED) is 0.832. The van der Waals surface area contributed by atoms with E-state index in [9.17, 15) is 0 Å². The molecule has 0 radical (unpaired) electrons. The second-order valence-electron chi connectivity index (χ2n) is 3.59. The molecule has 1 heterocycles. The van der Waals surface area contributed by atoms with Crippen molar-refractivity contribution in [2.45, 2.75) is 39.2 Å². The van der Waals surface area contributed by atoms with Crippen molar-refractivity contribution in [1.82, 2.24) is 5.32 Å². The van der Waals surface area contributed by atoms with Crippen LogP contribution in [-0.2, 0) is 6.42 Å². The van der Waals surface area contributed by atoms with E-state index in [1.807, 2.05) is 11.3 Å². The lowest BCUT2D eigenvalue weighted by atomic mass is 10.1. The van der Waals surface area contributed by atoms with E-state index < -0.39 is 0 Å². The Labute approximate surface area is 99.0 Å². The second-order valence-corrected chi connectivity index (χ2v) is 5.44. The molecule has 1 aromatic heterocycles. The summed E-state index contributed by atoms with van der Waals surface area (Å²) < 4.78 is 1.27. The van der Waals surface area contributed by atoms with E-state index in [0.29, 0.717) is 6.04 Å². The summed E-state index contributed by atoms with van der Waals surface area (Å²) in [5.74, 6) is 0. The normalized spacial score (nSPS) is 13.1. The zero-order chi connectivity index (χ0) is 10.4. The Morgan fingerprint density at radius 1 is 1.57 bits per heavy atom. The van der Waals surface area contributed by atoms with Gasteiger partial charge in [0.1, 0.15) is 0 Å². The number of thiophene rings is 1. The first-order valence-electron chi connectivity index (χ1n) is 5.19. The lowest BCUT2D eigenvalue weighted by Gasteiger charge is -2.12. The second kappa shape index (κ2) is 6.59. The maximum absolute atomic E-state index is 3.56. The summed E-state index contributed by atoms with van der Waals surface area (Å²) >= 11 is 5.40. The van der Waals surface area contributed by atoms with Crippen LogP contribution in [0.2, 0.25) is 0 Å². The molecule has 0 spiro atoms. The molecule has 0 amide bonds. The van der Waals surface area contributed by atoms with Gasteiger partial charge in [0.2, 0.25) is 0 Å². The minimum Gasteiger partial charge on any atom is -0.314 e. The van der Waals surface area contributed by atoms with Crippen molar-refractivity contribution >= 4 is 27.3 Å². The van der Waals surface area contributed by atoms with Gasteiger partial charge in [0.15, 0.2) is 0 Å². The van der Waals surface area contributed by atoms with Gasteiger partial charge in [-0.1, -0.05) is 6.92 Å². The third kappa shape index (κ3) is 4.11. The van der Waals surface area contributed by atoms with Crippen LogP contribution in [0.1, 0.15) is 31.6 Å². The van der Waals surface area contributed by atoms with Crippen LogP contribution in [0.5, 0.6) is 0 Å². The zero-order valence-electron chi connectivity index (χ0n) is 8.85. The van der Waals surface area contributed by atoms with Crippen LogP contribution in [0.25, 0.3) is 0 Å². The Balaban J connectivity index is 2.23. The van der Waals surface area contributed by atoms with Crippen molar-refractivity contribution in [3.05, 3.63) is 20.8 Å². The summed E-state index contributed by atoms with van der Waals surface area (Å²) in [6.45, 7) is 5.60. The first kappa shape index (κ1) is 12.2. The Morgan fingerprint density at radius 2 is 2.36 bits per heavy atom. The topological polar surface area (TPSA) is 12.0 Å². The fourth-order valence-corrected chi connectivity index (χ4v) is 2.91. The van der Waals surface area contributed by atoms with Gasteiger partial charge in [0.05, 0.1) is 0 Å². The van der Waals surface area contributed by atoms with E-state index >= 15 is 0 Å². The minimum atomic E-state index is 0.629. The van der Waals surface area contributed by atoms with E-state index in [1.165, 1.54) is 28.6 Å². The monoisotopic (exact) mass is 275 g/mol. The van der Waals surface area contributed by atoms with Crippen LogP contribution in [-0.4, -0.2) is 12.6 Å². The molecular weight excluding hydrogens is 258 g/mol. The summed E-state index contributed by atoms with van der Waals surface area (Å²) in [6.07, 6.45) is 3.61. The summed E-state index contributed by atoms with van der Waals surface area (Å²) in [6, 6.07) is 2.76. The van der Waals surface area contributed by atoms with Gasteiger partial charge in [0.25, 0.3) is 0 Å². The Morgan fingerprint density at radius 3 is 2.93 bits per heavy atom. The molecule has 0 aliphatic rings. The molecule has 14 heavy (non-hydrogen) atoms. The minimum absolute atomic E-state index is 0.629. The number of rotatable bonds is 6. The Hall–Kier alpha value is 0.140. The smallest absolute Gasteiger partial charge is 0.0314 e. The number of halogens is 1. The van der Waals surface area contributed by atoms with Gasteiger partial charge < -0.3 is 5.32 Å². The van der Waals surface area contributed by atoms with Crippen molar-refractivity contribution in [2.75, 3.05) is 6.54 Å². The van der Waals surface area contributed by atoms with Crippen LogP contribution >= 0.6 is 27.3 Å². The van der Waals surface area contributed by atoms with E-state index in [4.69, 9.17) is 0 Å². The van der Waals surface area contributed by atoms with Gasteiger partial charge >= 0.3 is 0 Å². The van der Waals surface area contributed by atoms with Gasteiger partial charge in [-0.2, -0.15) is 0 Å². The summed E-state index contributed by atoms with van der Waals surface area (Å²) in [5, 5.41) is 5.65. The van der Waals surface area contributed by atoms with Gasteiger partial charge in [-0.05, 0) is 60.1 Å². The molecule has 1 nitrogen and oxygen atoms in total. The Kier molecular flexibility index (Phi) is 5.75. The third-order valence-electron chi connectivity index (χ3n) is 2.24. The maximum Gasteiger partial charge on any atom is 0.0314 e. The molecule has 1 N–H and O–H groups in total. The van der Waals surface area contributed by atoms with Crippen LogP contribution in [0.15, 0.2) is 15.9 Å². The highest BCUT2D eigenvalue weighted by Gasteiger charge is 2.04. The number of nitrogens with one attached hydrogen (secondary N) is 1. The van der Waals surface area contributed by atoms with Crippen LogP contribution in [0, 0.1) is 0 Å². The largest absolute Gasteiger partial charge is 0.314 e. The van der Waals surface area contributed by atoms with Gasteiger partial charge in [-0.25, -0.2) is 0 Å². The first-order valence-corrected chi connectivity index (χ1v) is 6.86. The molecule has 1 rings (SSSR count). The highest BCUT2D eigenvalue weighted by molar-refractivity contribution is 9.10. The molecule has 0 aliphatic carbocycles. The van der Waals surface area contributed by atoms with Crippen molar-refractivity contribution in [1.29, 1.82) is 0 Å². The summed E-state index contributed by atoms with van der Waals surface area (Å²) in [5.41, 5.74) is 0. The molecule has 0 fully saturated rings. The van der Waals surface area contributed by atoms with Gasteiger partial charge in [0, 0.05) is 15.4 Å². The van der Waals surface area contributed by atoms with Crippen molar-refractivity contribution in [3.63, 3.8) is 0 Å². The average Bonchev–Trinajstić information content (AvgIpc) is 2.58. The molecular formula is C11H18BrNS. The Bertz CT molecular complexity index is 260. The summed E-state index contributed by atoms with van der Waals surface area (Å²) in [4.78, 5) is 1.47. The zero-order valence-corrected chi connectivity index (χ0v) is 11.2. The van der Waals surface area contributed by atoms with Crippen LogP contribution < -0.4 is 5.32 Å². The average molecular weight is 276 g/mol. The number of hydrogen-bond donors (Lipinski definition) is 1. The predicted octanol–water partition coefficient (Wildman–Crippen LogP) is 3.83. The summed E-state index contributed by atoms with van der Waals surface area (Å²) in [7, 11) is 0. The first-order chi connectivity index (χ1) is 6.74. The fourth-order valence-electron chi connectivity index (χ4n) is 1.34. The molecule has 80 valence electrons. The lowest BCUT2D eigenvalue weighted by molar-refractivity contribution is 0.515. The molecule has 0 aromatic carbocycles. The fraction of sp³-hybridized carbons (Fsp3) is 0.636. The molecule has 0 saturated heterocycles. The molecule has 1 atom stereocenters. The number of hydrogen-bond acceptors (Lipinski definition) is 2. The van der Waals surface area contributed by atoms with E-state index in [-0.39, 0.29) is 0 Å².